The second-order valence-corrected chi connectivity index (χ2v) is 6.58. The van der Waals surface area contributed by atoms with Gasteiger partial charge in [0.15, 0.2) is 11.5 Å². The van der Waals surface area contributed by atoms with Gasteiger partial charge < -0.3 is 9.84 Å². The fraction of sp³-hybridized carbons (Fsp3) is 0.111. The van der Waals surface area contributed by atoms with Gasteiger partial charge >= 0.3 is 0 Å². The predicted molar refractivity (Wildman–Crippen MR) is 99.3 cm³/mol. The summed E-state index contributed by atoms with van der Waals surface area (Å²) in [6.45, 7) is -0.187. The lowest BCUT2D eigenvalue weighted by Gasteiger charge is -2.12. The molecule has 0 radical (unpaired) electrons. The summed E-state index contributed by atoms with van der Waals surface area (Å²) in [5.74, 6) is -0.347. The molecule has 1 N–H and O–H groups in total. The number of hydrogen-bond donors (Lipinski definition) is 1. The van der Waals surface area contributed by atoms with Crippen molar-refractivity contribution in [2.24, 2.45) is 0 Å². The predicted octanol–water partition coefficient (Wildman–Crippen LogP) is 3.55. The monoisotopic (exact) mass is 386 g/mol. The third kappa shape index (κ3) is 3.77. The Balaban J connectivity index is 1.85. The van der Waals surface area contributed by atoms with Gasteiger partial charge in [0, 0.05) is 11.6 Å². The van der Waals surface area contributed by atoms with Gasteiger partial charge in [-0.15, -0.1) is 0 Å². The molecule has 1 saturated heterocycles. The first kappa shape index (κ1) is 18.5. The summed E-state index contributed by atoms with van der Waals surface area (Å²) in [5.41, 5.74) is 0.637. The summed E-state index contributed by atoms with van der Waals surface area (Å²) in [5, 5.41) is 20.4. The number of ether oxygens (including phenoxy) is 1. The number of carbonyl (C=O) groups is 2. The quantitative estimate of drug-likeness (QED) is 0.475. The Bertz CT molecular complexity index is 972. The SMILES string of the molecule is COc1ccc(/C=C2\SC(=O)N(Cc3ccccc3[N+](=O)[O-])C2=O)cc1O. The van der Waals surface area contributed by atoms with Crippen LogP contribution in [0.15, 0.2) is 47.4 Å². The standard InChI is InChI=1S/C18H14N2O6S/c1-26-15-7-6-11(8-14(15)21)9-16-17(22)19(18(23)27-16)10-12-4-2-3-5-13(12)20(24)25/h2-9,21H,10H2,1H3/b16-9-. The molecular formula is C18H14N2O6S. The summed E-state index contributed by atoms with van der Waals surface area (Å²) in [4.78, 5) is 36.5. The van der Waals surface area contributed by atoms with E-state index in [1.165, 1.54) is 37.5 Å². The van der Waals surface area contributed by atoms with Crippen molar-refractivity contribution in [3.8, 4) is 11.5 Å². The van der Waals surface area contributed by atoms with Gasteiger partial charge in [0.2, 0.25) is 0 Å². The van der Waals surface area contributed by atoms with Crippen molar-refractivity contribution in [3.63, 3.8) is 0 Å². The summed E-state index contributed by atoms with van der Waals surface area (Å²) >= 11 is 0.742. The molecule has 8 nitrogen and oxygen atoms in total. The van der Waals surface area contributed by atoms with E-state index in [-0.39, 0.29) is 34.2 Å². The molecule has 3 rings (SSSR count). The number of hydrogen-bond acceptors (Lipinski definition) is 7. The normalized spacial score (nSPS) is 15.4. The van der Waals surface area contributed by atoms with Crippen molar-refractivity contribution >= 4 is 34.7 Å². The Morgan fingerprint density at radius 1 is 1.26 bits per heavy atom. The van der Waals surface area contributed by atoms with Crippen LogP contribution in [0.1, 0.15) is 11.1 Å². The molecule has 0 aliphatic carbocycles. The van der Waals surface area contributed by atoms with E-state index in [1.807, 2.05) is 0 Å². The number of aromatic hydroxyl groups is 1. The average Bonchev–Trinajstić information content (AvgIpc) is 2.89. The summed E-state index contributed by atoms with van der Waals surface area (Å²) in [6, 6.07) is 10.5. The van der Waals surface area contributed by atoms with Crippen LogP contribution >= 0.6 is 11.8 Å². The molecule has 0 aromatic heterocycles. The van der Waals surface area contributed by atoms with Crippen molar-refractivity contribution in [1.29, 1.82) is 0 Å². The van der Waals surface area contributed by atoms with E-state index in [4.69, 9.17) is 4.74 Å². The van der Waals surface area contributed by atoms with Gasteiger partial charge in [0.25, 0.3) is 16.8 Å². The number of phenolic OH excluding ortho intramolecular Hbond substituents is 1. The van der Waals surface area contributed by atoms with Gasteiger partial charge in [-0.3, -0.25) is 24.6 Å². The van der Waals surface area contributed by atoms with Crippen molar-refractivity contribution in [2.45, 2.75) is 6.54 Å². The molecule has 27 heavy (non-hydrogen) atoms. The number of rotatable bonds is 5. The highest BCUT2D eigenvalue weighted by molar-refractivity contribution is 8.18. The zero-order valence-electron chi connectivity index (χ0n) is 14.1. The third-order valence-electron chi connectivity index (χ3n) is 3.89. The minimum atomic E-state index is -0.551. The number of nitro groups is 1. The number of methoxy groups -OCH3 is 1. The van der Waals surface area contributed by atoms with Crippen LogP contribution in [0.5, 0.6) is 11.5 Å². The van der Waals surface area contributed by atoms with Crippen LogP contribution in [0.25, 0.3) is 6.08 Å². The van der Waals surface area contributed by atoms with Crippen molar-refractivity contribution in [1.82, 2.24) is 4.90 Å². The molecule has 2 aromatic rings. The van der Waals surface area contributed by atoms with Crippen LogP contribution in [0.4, 0.5) is 10.5 Å². The summed E-state index contributed by atoms with van der Waals surface area (Å²) in [7, 11) is 1.42. The fourth-order valence-electron chi connectivity index (χ4n) is 2.58. The highest BCUT2D eigenvalue weighted by atomic mass is 32.2. The van der Waals surface area contributed by atoms with Crippen LogP contribution in [0.2, 0.25) is 0 Å². The van der Waals surface area contributed by atoms with Crippen LogP contribution in [-0.2, 0) is 11.3 Å². The number of carbonyl (C=O) groups excluding carboxylic acids is 2. The van der Waals surface area contributed by atoms with E-state index >= 15 is 0 Å². The number of amides is 2. The van der Waals surface area contributed by atoms with Crippen molar-refractivity contribution < 1.29 is 24.4 Å². The Labute approximate surface area is 158 Å². The van der Waals surface area contributed by atoms with E-state index in [1.54, 1.807) is 18.2 Å². The van der Waals surface area contributed by atoms with Crippen molar-refractivity contribution in [2.75, 3.05) is 7.11 Å². The Morgan fingerprint density at radius 3 is 2.67 bits per heavy atom. The molecule has 138 valence electrons. The number of imide groups is 1. The zero-order valence-corrected chi connectivity index (χ0v) is 14.9. The highest BCUT2D eigenvalue weighted by Gasteiger charge is 2.36. The van der Waals surface area contributed by atoms with Crippen LogP contribution < -0.4 is 4.74 Å². The lowest BCUT2D eigenvalue weighted by Crippen LogP contribution is -2.27. The average molecular weight is 386 g/mol. The number of nitro benzene ring substituents is 1. The lowest BCUT2D eigenvalue weighted by atomic mass is 10.1. The van der Waals surface area contributed by atoms with Gasteiger partial charge in [0.1, 0.15) is 0 Å². The van der Waals surface area contributed by atoms with Crippen LogP contribution in [0.3, 0.4) is 0 Å². The molecule has 0 saturated carbocycles. The van der Waals surface area contributed by atoms with E-state index in [9.17, 15) is 24.8 Å². The first-order valence-electron chi connectivity index (χ1n) is 7.75. The Hall–Kier alpha value is -3.33. The molecule has 1 heterocycles. The van der Waals surface area contributed by atoms with E-state index in [0.29, 0.717) is 5.56 Å². The molecule has 1 fully saturated rings. The van der Waals surface area contributed by atoms with E-state index in [0.717, 1.165) is 16.7 Å². The minimum Gasteiger partial charge on any atom is -0.504 e. The van der Waals surface area contributed by atoms with Gasteiger partial charge in [-0.1, -0.05) is 24.3 Å². The smallest absolute Gasteiger partial charge is 0.293 e. The van der Waals surface area contributed by atoms with Crippen LogP contribution in [0, 0.1) is 10.1 Å². The zero-order chi connectivity index (χ0) is 19.6. The molecule has 1 aliphatic heterocycles. The summed E-state index contributed by atoms with van der Waals surface area (Å²) < 4.78 is 4.96. The second-order valence-electron chi connectivity index (χ2n) is 5.58. The van der Waals surface area contributed by atoms with E-state index in [2.05, 4.69) is 0 Å². The molecule has 0 bridgehead atoms. The molecule has 0 atom stereocenters. The Kier molecular flexibility index (Phi) is 5.13. The molecular weight excluding hydrogens is 372 g/mol. The first-order valence-corrected chi connectivity index (χ1v) is 8.57. The lowest BCUT2D eigenvalue weighted by molar-refractivity contribution is -0.385. The van der Waals surface area contributed by atoms with Crippen molar-refractivity contribution in [3.05, 3.63) is 68.6 Å². The Morgan fingerprint density at radius 2 is 2.00 bits per heavy atom. The number of para-hydroxylation sites is 1. The molecule has 2 aromatic carbocycles. The maximum Gasteiger partial charge on any atom is 0.293 e. The number of thioether (sulfide) groups is 1. The highest BCUT2D eigenvalue weighted by Crippen LogP contribution is 2.35. The van der Waals surface area contributed by atoms with Gasteiger partial charge in [-0.2, -0.15) is 0 Å². The van der Waals surface area contributed by atoms with Gasteiger partial charge in [-0.25, -0.2) is 0 Å². The minimum absolute atomic E-state index is 0.0922. The number of benzene rings is 2. The molecule has 9 heteroatoms. The second kappa shape index (κ2) is 7.50. The van der Waals surface area contributed by atoms with Crippen LogP contribution in [-0.4, -0.2) is 33.2 Å². The maximum atomic E-state index is 12.6. The first-order chi connectivity index (χ1) is 12.9. The fourth-order valence-corrected chi connectivity index (χ4v) is 3.42. The molecule has 2 amide bonds. The maximum absolute atomic E-state index is 12.6. The van der Waals surface area contributed by atoms with E-state index < -0.39 is 16.1 Å². The molecule has 0 spiro atoms. The molecule has 1 aliphatic rings. The summed E-state index contributed by atoms with van der Waals surface area (Å²) in [6.07, 6.45) is 1.48. The largest absolute Gasteiger partial charge is 0.504 e. The van der Waals surface area contributed by atoms with Gasteiger partial charge in [-0.05, 0) is 35.5 Å². The topological polar surface area (TPSA) is 110 Å². The third-order valence-corrected chi connectivity index (χ3v) is 4.80. The molecule has 0 unspecified atom stereocenters. The number of phenols is 1. The van der Waals surface area contributed by atoms with Gasteiger partial charge in [0.05, 0.1) is 23.5 Å². The number of nitrogens with zero attached hydrogens (tertiary/aromatic N) is 2.